The van der Waals surface area contributed by atoms with Crippen LogP contribution < -0.4 is 5.73 Å². The molecule has 0 radical (unpaired) electrons. The third kappa shape index (κ3) is 1.97. The molecular weight excluding hydrogens is 322 g/mol. The molecule has 112 valence electrons. The van der Waals surface area contributed by atoms with Crippen LogP contribution >= 0.6 is 21.8 Å². The monoisotopic (exact) mass is 333 g/mol. The van der Waals surface area contributed by atoms with Crippen molar-refractivity contribution in [2.75, 3.05) is 12.0 Å². The first-order valence-corrected chi connectivity index (χ1v) is 9.01. The number of pyridine rings is 1. The van der Waals surface area contributed by atoms with E-state index in [2.05, 4.69) is 19.5 Å². The van der Waals surface area contributed by atoms with Crippen molar-refractivity contribution in [1.29, 1.82) is 0 Å². The van der Waals surface area contributed by atoms with Crippen molar-refractivity contribution >= 4 is 49.6 Å². The molecule has 4 rings (SSSR count). The van der Waals surface area contributed by atoms with E-state index < -0.39 is 10.2 Å². The number of hydrogen-bond acceptors (Lipinski definition) is 5. The van der Waals surface area contributed by atoms with Gasteiger partial charge < -0.3 is 10.7 Å². The summed E-state index contributed by atoms with van der Waals surface area (Å²) in [7, 11) is -1.51. The van der Waals surface area contributed by atoms with E-state index in [1.54, 1.807) is 6.07 Å². The minimum atomic E-state index is -1.51. The number of nitrogens with zero attached hydrogens (tertiary/aromatic N) is 3. The Hall–Kier alpha value is -2.12. The Balaban J connectivity index is 1.84. The predicted octanol–water partition coefficient (Wildman–Crippen LogP) is 3.86. The lowest BCUT2D eigenvalue weighted by Crippen LogP contribution is -1.93. The third-order valence-corrected chi connectivity index (χ3v) is 6.15. The molecule has 3 N–H and O–H groups in total. The first-order chi connectivity index (χ1) is 10.5. The summed E-state index contributed by atoms with van der Waals surface area (Å²) < 4.78 is 3.19. The SMILES string of the molecule is CS1(N=O)C=C1Cc1nc2c(N)nc3ccc(Cl)cc3c2[nH]1. The van der Waals surface area contributed by atoms with Gasteiger partial charge >= 0.3 is 0 Å². The Morgan fingerprint density at radius 2 is 2.23 bits per heavy atom. The van der Waals surface area contributed by atoms with Crippen LogP contribution in [0.25, 0.3) is 21.9 Å². The molecule has 2 aromatic heterocycles. The molecule has 0 saturated heterocycles. The standard InChI is InChI=1S/C14H12ClN5OS/c1-22(20-21)6-8(22)5-11-18-12-9-4-7(15)2-3-10(9)17-14(16)13(12)19-11/h2-4,6H,5H2,1H3,(H2,16,17)(H,18,19). The van der Waals surface area contributed by atoms with Gasteiger partial charge in [-0.05, 0) is 34.4 Å². The molecule has 1 aromatic carbocycles. The van der Waals surface area contributed by atoms with Crippen LogP contribution in [0, 0.1) is 4.91 Å². The van der Waals surface area contributed by atoms with Crippen molar-refractivity contribution in [3.8, 4) is 0 Å². The summed E-state index contributed by atoms with van der Waals surface area (Å²) in [6.07, 6.45) is 2.44. The highest BCUT2D eigenvalue weighted by molar-refractivity contribution is 8.42. The number of nitrogens with one attached hydrogen (secondary N) is 1. The van der Waals surface area contributed by atoms with Crippen LogP contribution in [0.5, 0.6) is 0 Å². The summed E-state index contributed by atoms with van der Waals surface area (Å²) >= 11 is 6.07. The number of nitroso groups, excluding NO2 is 1. The molecule has 3 heterocycles. The van der Waals surface area contributed by atoms with Gasteiger partial charge in [0.2, 0.25) is 0 Å². The van der Waals surface area contributed by atoms with Gasteiger partial charge in [0.15, 0.2) is 5.82 Å². The largest absolute Gasteiger partial charge is 0.382 e. The van der Waals surface area contributed by atoms with Gasteiger partial charge in [-0.25, -0.2) is 9.97 Å². The Labute approximate surface area is 132 Å². The van der Waals surface area contributed by atoms with E-state index in [0.29, 0.717) is 22.8 Å². The molecule has 0 fully saturated rings. The summed E-state index contributed by atoms with van der Waals surface area (Å²) in [5.41, 5.74) is 8.20. The number of aromatic nitrogens is 3. The fourth-order valence-electron chi connectivity index (χ4n) is 2.53. The zero-order valence-electron chi connectivity index (χ0n) is 11.6. The number of halogens is 1. The number of nitrogens with two attached hydrogens (primary N) is 1. The highest BCUT2D eigenvalue weighted by Crippen LogP contribution is 2.69. The Kier molecular flexibility index (Phi) is 2.73. The molecular formula is C14H12ClN5OS. The molecule has 0 amide bonds. The minimum absolute atomic E-state index is 0.376. The highest BCUT2D eigenvalue weighted by Gasteiger charge is 2.36. The van der Waals surface area contributed by atoms with Gasteiger partial charge in [0.25, 0.3) is 0 Å². The fourth-order valence-corrected chi connectivity index (χ4v) is 4.23. The first kappa shape index (κ1) is 13.5. The van der Waals surface area contributed by atoms with Gasteiger partial charge in [-0.3, -0.25) is 0 Å². The number of anilines is 1. The normalized spacial score (nSPS) is 23.3. The maximum Gasteiger partial charge on any atom is 0.152 e. The molecule has 6 nitrogen and oxygen atoms in total. The van der Waals surface area contributed by atoms with Crippen molar-refractivity contribution in [3.05, 3.63) is 44.3 Å². The number of allylic oxidation sites excluding steroid dienone is 1. The van der Waals surface area contributed by atoms with E-state index in [9.17, 15) is 4.91 Å². The molecule has 0 bridgehead atoms. The van der Waals surface area contributed by atoms with E-state index in [1.165, 1.54) is 0 Å². The molecule has 1 unspecified atom stereocenters. The average molecular weight is 334 g/mol. The van der Waals surface area contributed by atoms with Crippen LogP contribution in [-0.4, -0.2) is 21.2 Å². The van der Waals surface area contributed by atoms with Crippen molar-refractivity contribution in [2.45, 2.75) is 6.42 Å². The zero-order chi connectivity index (χ0) is 15.5. The Bertz CT molecular complexity index is 982. The van der Waals surface area contributed by atoms with Gasteiger partial charge in [0.05, 0.1) is 11.0 Å². The summed E-state index contributed by atoms with van der Waals surface area (Å²) in [6, 6.07) is 5.44. The second-order valence-electron chi connectivity index (χ2n) is 5.34. The van der Waals surface area contributed by atoms with Crippen LogP contribution in [0.3, 0.4) is 0 Å². The van der Waals surface area contributed by atoms with Crippen LogP contribution in [0.15, 0.2) is 33.1 Å². The third-order valence-electron chi connectivity index (χ3n) is 3.80. The van der Waals surface area contributed by atoms with E-state index >= 15 is 0 Å². The summed E-state index contributed by atoms with van der Waals surface area (Å²) in [4.78, 5) is 24.0. The lowest BCUT2D eigenvalue weighted by molar-refractivity contribution is 1.07. The van der Waals surface area contributed by atoms with E-state index in [4.69, 9.17) is 17.3 Å². The lowest BCUT2D eigenvalue weighted by atomic mass is 10.2. The van der Waals surface area contributed by atoms with Crippen molar-refractivity contribution in [3.63, 3.8) is 0 Å². The maximum atomic E-state index is 10.8. The summed E-state index contributed by atoms with van der Waals surface area (Å²) in [6.45, 7) is 0. The van der Waals surface area contributed by atoms with Gasteiger partial charge in [-0.15, -0.1) is 4.91 Å². The highest BCUT2D eigenvalue weighted by atomic mass is 35.5. The second kappa shape index (κ2) is 4.44. The second-order valence-corrected chi connectivity index (χ2v) is 8.56. The average Bonchev–Trinajstić information content (AvgIpc) is 2.94. The first-order valence-electron chi connectivity index (χ1n) is 6.57. The maximum absolute atomic E-state index is 10.8. The van der Waals surface area contributed by atoms with Gasteiger partial charge in [0, 0.05) is 21.7 Å². The Morgan fingerprint density at radius 3 is 2.95 bits per heavy atom. The quantitative estimate of drug-likeness (QED) is 0.711. The Morgan fingerprint density at radius 1 is 1.41 bits per heavy atom. The van der Waals surface area contributed by atoms with Crippen molar-refractivity contribution in [2.24, 2.45) is 4.58 Å². The fraction of sp³-hybridized carbons (Fsp3) is 0.143. The van der Waals surface area contributed by atoms with Gasteiger partial charge in [0.1, 0.15) is 11.3 Å². The van der Waals surface area contributed by atoms with Crippen molar-refractivity contribution in [1.82, 2.24) is 15.0 Å². The number of fused-ring (bicyclic) bond motifs is 3. The molecule has 8 heteroatoms. The van der Waals surface area contributed by atoms with Gasteiger partial charge in [-0.1, -0.05) is 21.8 Å². The number of aromatic amines is 1. The molecule has 0 spiro atoms. The number of rotatable bonds is 3. The van der Waals surface area contributed by atoms with Crippen LogP contribution in [0.2, 0.25) is 5.02 Å². The topological polar surface area (TPSA) is 97.0 Å². The molecule has 1 aliphatic heterocycles. The molecule has 1 aliphatic rings. The minimum Gasteiger partial charge on any atom is -0.382 e. The van der Waals surface area contributed by atoms with Crippen LogP contribution in [-0.2, 0) is 6.42 Å². The predicted molar refractivity (Wildman–Crippen MR) is 91.9 cm³/mol. The summed E-state index contributed by atoms with van der Waals surface area (Å²) in [5.74, 6) is 1.13. The molecule has 0 aliphatic carbocycles. The van der Waals surface area contributed by atoms with E-state index in [1.807, 2.05) is 23.8 Å². The van der Waals surface area contributed by atoms with E-state index in [-0.39, 0.29) is 0 Å². The van der Waals surface area contributed by atoms with Crippen LogP contribution in [0.1, 0.15) is 5.82 Å². The van der Waals surface area contributed by atoms with Crippen molar-refractivity contribution < 1.29 is 0 Å². The number of H-pyrrole nitrogens is 1. The lowest BCUT2D eigenvalue weighted by Gasteiger charge is -2.04. The summed E-state index contributed by atoms with van der Waals surface area (Å²) in [5, 5.41) is 3.43. The molecule has 3 aromatic rings. The van der Waals surface area contributed by atoms with Crippen LogP contribution in [0.4, 0.5) is 5.82 Å². The number of benzene rings is 1. The smallest absolute Gasteiger partial charge is 0.152 e. The number of nitrogen functional groups attached to an aromatic ring is 1. The van der Waals surface area contributed by atoms with E-state index in [0.717, 1.165) is 27.1 Å². The van der Waals surface area contributed by atoms with Gasteiger partial charge in [-0.2, -0.15) is 0 Å². The number of imidazole rings is 1. The molecule has 0 saturated carbocycles. The zero-order valence-corrected chi connectivity index (χ0v) is 13.2. The molecule has 22 heavy (non-hydrogen) atoms. The number of hydrogen-bond donors (Lipinski definition) is 2. The molecule has 1 atom stereocenters.